The van der Waals surface area contributed by atoms with Crippen LogP contribution in [0.25, 0.3) is 0 Å². The number of aromatic nitrogens is 3. The Morgan fingerprint density at radius 3 is 1.55 bits per heavy atom. The molecule has 1 heterocycles. The monoisotopic (exact) mass is 507 g/mol. The molecule has 0 fully saturated rings. The smallest absolute Gasteiger partial charge is 0.162 e. The average Bonchev–Trinajstić information content (AvgIpc) is 3.51. The number of rotatable bonds is 11. The van der Waals surface area contributed by atoms with Gasteiger partial charge in [0.1, 0.15) is 31.9 Å². The van der Waals surface area contributed by atoms with E-state index in [4.69, 9.17) is 18.9 Å². The highest BCUT2D eigenvalue weighted by Gasteiger charge is 2.21. The number of hydrogen-bond donors (Lipinski definition) is 0. The molecule has 0 aliphatic carbocycles. The maximum atomic E-state index is 6.19. The zero-order valence-corrected chi connectivity index (χ0v) is 21.4. The molecule has 0 radical (unpaired) electrons. The highest BCUT2D eigenvalue weighted by Crippen LogP contribution is 2.37. The fourth-order valence-corrected chi connectivity index (χ4v) is 4.27. The van der Waals surface area contributed by atoms with Crippen LogP contribution in [-0.4, -0.2) is 29.0 Å². The van der Waals surface area contributed by atoms with Crippen molar-refractivity contribution in [3.63, 3.8) is 0 Å². The maximum Gasteiger partial charge on any atom is 0.162 e. The van der Waals surface area contributed by atoms with Crippen molar-refractivity contribution < 1.29 is 18.9 Å². The van der Waals surface area contributed by atoms with Gasteiger partial charge in [0.05, 0.1) is 14.2 Å². The lowest BCUT2D eigenvalue weighted by molar-refractivity contribution is 0.283. The molecule has 0 bridgehead atoms. The van der Waals surface area contributed by atoms with Gasteiger partial charge in [-0.3, -0.25) is 0 Å². The number of nitrogens with zero attached hydrogens (tertiary/aromatic N) is 3. The molecule has 5 rings (SSSR count). The molecule has 0 aliphatic rings. The third kappa shape index (κ3) is 5.78. The lowest BCUT2D eigenvalue weighted by atomic mass is 9.98. The number of hydrogen-bond acceptors (Lipinski definition) is 6. The van der Waals surface area contributed by atoms with Gasteiger partial charge in [0.2, 0.25) is 0 Å². The van der Waals surface area contributed by atoms with E-state index < -0.39 is 0 Å². The lowest BCUT2D eigenvalue weighted by Crippen LogP contribution is -2.14. The Labute approximate surface area is 222 Å². The summed E-state index contributed by atoms with van der Waals surface area (Å²) in [5.74, 6) is 2.60. The van der Waals surface area contributed by atoms with Crippen LogP contribution in [0.15, 0.2) is 110 Å². The molecule has 7 heteroatoms. The summed E-state index contributed by atoms with van der Waals surface area (Å²) >= 11 is 0. The molecule has 7 nitrogen and oxygen atoms in total. The zero-order chi connectivity index (χ0) is 26.2. The fourth-order valence-electron chi connectivity index (χ4n) is 4.27. The van der Waals surface area contributed by atoms with Crippen molar-refractivity contribution in [1.82, 2.24) is 14.8 Å². The Kier molecular flexibility index (Phi) is 7.84. The molecular formula is C31H29N3O4. The van der Waals surface area contributed by atoms with Gasteiger partial charge in [-0.05, 0) is 46.5 Å². The maximum absolute atomic E-state index is 6.19. The summed E-state index contributed by atoms with van der Waals surface area (Å²) < 4.78 is 25.4. The number of ether oxygens (including phenoxy) is 4. The van der Waals surface area contributed by atoms with Gasteiger partial charge in [-0.15, -0.1) is 0 Å². The first-order valence-electron chi connectivity index (χ1n) is 12.3. The largest absolute Gasteiger partial charge is 0.493 e. The summed E-state index contributed by atoms with van der Waals surface area (Å²) in [6.45, 7) is 0.851. The van der Waals surface area contributed by atoms with Gasteiger partial charge in [-0.25, -0.2) is 9.67 Å². The van der Waals surface area contributed by atoms with Gasteiger partial charge >= 0.3 is 0 Å². The van der Waals surface area contributed by atoms with Crippen molar-refractivity contribution in [2.45, 2.75) is 19.3 Å². The minimum Gasteiger partial charge on any atom is -0.493 e. The molecule has 0 aliphatic heterocycles. The van der Waals surface area contributed by atoms with Gasteiger partial charge in [0.25, 0.3) is 0 Å². The van der Waals surface area contributed by atoms with Gasteiger partial charge in [0, 0.05) is 0 Å². The molecule has 192 valence electrons. The van der Waals surface area contributed by atoms with Crippen LogP contribution in [0.2, 0.25) is 0 Å². The summed E-state index contributed by atoms with van der Waals surface area (Å²) in [6.07, 6.45) is 3.23. The van der Waals surface area contributed by atoms with Crippen LogP contribution in [-0.2, 0) is 13.2 Å². The summed E-state index contributed by atoms with van der Waals surface area (Å²) in [5, 5.41) is 4.46. The van der Waals surface area contributed by atoms with Gasteiger partial charge in [0.15, 0.2) is 23.0 Å². The van der Waals surface area contributed by atoms with Crippen molar-refractivity contribution in [3.8, 4) is 23.0 Å². The predicted octanol–water partition coefficient (Wildman–Crippen LogP) is 6.09. The summed E-state index contributed by atoms with van der Waals surface area (Å²) in [6, 6.07) is 31.6. The average molecular weight is 508 g/mol. The Bertz CT molecular complexity index is 1350. The standard InChI is InChI=1S/C31H29N3O4/c1-35-27-15-13-25(17-29(27)37-19-23-9-5-3-6-10-23)31(34-22-32-21-33-34)26-14-16-28(36-2)30(18-26)38-20-24-11-7-4-8-12-24/h3-18,21-22,31H,19-20H2,1-2H3. The van der Waals surface area contributed by atoms with Gasteiger partial charge in [-0.1, -0.05) is 72.8 Å². The van der Waals surface area contributed by atoms with Gasteiger partial charge in [-0.2, -0.15) is 5.10 Å². The second-order valence-electron chi connectivity index (χ2n) is 8.65. The molecule has 0 amide bonds. The van der Waals surface area contributed by atoms with E-state index in [1.165, 1.54) is 6.33 Å². The van der Waals surface area contributed by atoms with E-state index in [2.05, 4.69) is 10.1 Å². The molecule has 0 saturated heterocycles. The fraction of sp³-hybridized carbons (Fsp3) is 0.161. The normalized spacial score (nSPS) is 10.8. The van der Waals surface area contributed by atoms with Crippen LogP contribution < -0.4 is 18.9 Å². The van der Waals surface area contributed by atoms with Crippen LogP contribution in [0.5, 0.6) is 23.0 Å². The second kappa shape index (κ2) is 12.0. The quantitative estimate of drug-likeness (QED) is 0.216. The van der Waals surface area contributed by atoms with Crippen LogP contribution >= 0.6 is 0 Å². The first kappa shape index (κ1) is 24.9. The van der Waals surface area contributed by atoms with E-state index >= 15 is 0 Å². The summed E-state index contributed by atoms with van der Waals surface area (Å²) in [5.41, 5.74) is 4.06. The highest BCUT2D eigenvalue weighted by molar-refractivity contribution is 5.49. The molecule has 0 unspecified atom stereocenters. The minimum atomic E-state index is -0.285. The minimum absolute atomic E-state index is 0.285. The second-order valence-corrected chi connectivity index (χ2v) is 8.65. The Balaban J connectivity index is 1.49. The highest BCUT2D eigenvalue weighted by atomic mass is 16.5. The zero-order valence-electron chi connectivity index (χ0n) is 21.4. The van der Waals surface area contributed by atoms with Crippen molar-refractivity contribution in [3.05, 3.63) is 132 Å². The molecule has 0 spiro atoms. The third-order valence-electron chi connectivity index (χ3n) is 6.18. The van der Waals surface area contributed by atoms with Crippen molar-refractivity contribution in [2.75, 3.05) is 14.2 Å². The van der Waals surface area contributed by atoms with Crippen molar-refractivity contribution in [1.29, 1.82) is 0 Å². The lowest BCUT2D eigenvalue weighted by Gasteiger charge is -2.21. The van der Waals surface area contributed by atoms with E-state index in [0.29, 0.717) is 36.2 Å². The first-order valence-corrected chi connectivity index (χ1v) is 12.3. The van der Waals surface area contributed by atoms with E-state index in [9.17, 15) is 0 Å². The molecular weight excluding hydrogens is 478 g/mol. The van der Waals surface area contributed by atoms with Crippen LogP contribution in [0, 0.1) is 0 Å². The SMILES string of the molecule is COc1ccc(C(c2ccc(OC)c(OCc3ccccc3)c2)n2cncn2)cc1OCc1ccccc1. The summed E-state index contributed by atoms with van der Waals surface area (Å²) in [4.78, 5) is 4.20. The molecule has 5 aromatic rings. The van der Waals surface area contributed by atoms with Crippen LogP contribution in [0.4, 0.5) is 0 Å². The topological polar surface area (TPSA) is 67.6 Å². The molecule has 0 saturated carbocycles. The van der Waals surface area contributed by atoms with Crippen LogP contribution in [0.3, 0.4) is 0 Å². The third-order valence-corrected chi connectivity index (χ3v) is 6.18. The predicted molar refractivity (Wildman–Crippen MR) is 145 cm³/mol. The first-order chi connectivity index (χ1) is 18.7. The number of benzene rings is 4. The van der Waals surface area contributed by atoms with E-state index in [-0.39, 0.29) is 6.04 Å². The summed E-state index contributed by atoms with van der Waals surface area (Å²) in [7, 11) is 3.28. The molecule has 4 aromatic carbocycles. The molecule has 0 atom stereocenters. The molecule has 0 N–H and O–H groups in total. The Hall–Kier alpha value is -4.78. The van der Waals surface area contributed by atoms with Crippen LogP contribution in [0.1, 0.15) is 28.3 Å². The van der Waals surface area contributed by atoms with E-state index in [1.54, 1.807) is 20.5 Å². The molecule has 1 aromatic heterocycles. The van der Waals surface area contributed by atoms with Crippen molar-refractivity contribution >= 4 is 0 Å². The number of methoxy groups -OCH3 is 2. The Morgan fingerprint density at radius 1 is 0.632 bits per heavy atom. The van der Waals surface area contributed by atoms with E-state index in [0.717, 1.165) is 22.3 Å². The Morgan fingerprint density at radius 2 is 1.13 bits per heavy atom. The molecule has 38 heavy (non-hydrogen) atoms. The van der Waals surface area contributed by atoms with E-state index in [1.807, 2.05) is 102 Å². The van der Waals surface area contributed by atoms with Gasteiger partial charge < -0.3 is 18.9 Å². The van der Waals surface area contributed by atoms with Crippen molar-refractivity contribution in [2.24, 2.45) is 0 Å².